The van der Waals surface area contributed by atoms with Crippen molar-refractivity contribution < 1.29 is 9.21 Å². The summed E-state index contributed by atoms with van der Waals surface area (Å²) >= 11 is 0. The molecule has 1 saturated heterocycles. The van der Waals surface area contributed by atoms with E-state index in [4.69, 9.17) is 4.42 Å². The van der Waals surface area contributed by atoms with Crippen LogP contribution >= 0.6 is 0 Å². The number of nitrogens with zero attached hydrogens (tertiary/aromatic N) is 4. The SMILES string of the molecule is O=C(Cn1cc(-c2nnc(CN3CCCCC3)o2)c2ccccc21)NC1CCCCC1. The maximum Gasteiger partial charge on any atom is 0.249 e. The number of likely N-dealkylation sites (tertiary alicyclic amines) is 1. The third-order valence-electron chi connectivity index (χ3n) is 6.58. The summed E-state index contributed by atoms with van der Waals surface area (Å²) in [4.78, 5) is 15.1. The summed E-state index contributed by atoms with van der Waals surface area (Å²) in [5.74, 6) is 1.24. The molecule has 0 spiro atoms. The lowest BCUT2D eigenvalue weighted by Gasteiger charge is -2.24. The first kappa shape index (κ1) is 20.2. The van der Waals surface area contributed by atoms with Gasteiger partial charge in [-0.1, -0.05) is 43.9 Å². The van der Waals surface area contributed by atoms with Crippen LogP contribution in [0, 0.1) is 0 Å². The molecule has 7 nitrogen and oxygen atoms in total. The van der Waals surface area contributed by atoms with Gasteiger partial charge in [-0.2, -0.15) is 0 Å². The molecule has 1 N–H and O–H groups in total. The zero-order valence-corrected chi connectivity index (χ0v) is 18.1. The third-order valence-corrected chi connectivity index (χ3v) is 6.58. The predicted molar refractivity (Wildman–Crippen MR) is 119 cm³/mol. The number of aromatic nitrogens is 3. The molecule has 0 atom stereocenters. The van der Waals surface area contributed by atoms with Crippen LogP contribution in [0.15, 0.2) is 34.9 Å². The van der Waals surface area contributed by atoms with Crippen molar-refractivity contribution >= 4 is 16.8 Å². The lowest BCUT2D eigenvalue weighted by Crippen LogP contribution is -2.38. The second-order valence-corrected chi connectivity index (χ2v) is 8.93. The van der Waals surface area contributed by atoms with Gasteiger partial charge in [0.15, 0.2) is 0 Å². The fourth-order valence-corrected chi connectivity index (χ4v) is 4.96. The lowest BCUT2D eigenvalue weighted by atomic mass is 9.95. The Labute approximate surface area is 182 Å². The molecule has 1 aromatic carbocycles. The summed E-state index contributed by atoms with van der Waals surface area (Å²) in [6.45, 7) is 3.18. The van der Waals surface area contributed by atoms with Gasteiger partial charge in [-0.3, -0.25) is 9.69 Å². The van der Waals surface area contributed by atoms with Crippen molar-refractivity contribution in [2.24, 2.45) is 0 Å². The number of benzene rings is 1. The van der Waals surface area contributed by atoms with E-state index in [2.05, 4.69) is 26.5 Å². The Morgan fingerprint density at radius 2 is 1.81 bits per heavy atom. The van der Waals surface area contributed by atoms with Gasteiger partial charge in [-0.05, 0) is 44.8 Å². The van der Waals surface area contributed by atoms with Crippen LogP contribution in [0.5, 0.6) is 0 Å². The normalized spacial score (nSPS) is 18.5. The van der Waals surface area contributed by atoms with Crippen LogP contribution in [-0.4, -0.2) is 44.7 Å². The predicted octanol–water partition coefficient (Wildman–Crippen LogP) is 4.13. The quantitative estimate of drug-likeness (QED) is 0.648. The molecule has 31 heavy (non-hydrogen) atoms. The standard InChI is InChI=1S/C24H31N5O2/c30-22(25-18-9-3-1-4-10-18)16-29-15-20(19-11-5-6-12-21(19)29)24-27-26-23(31-24)17-28-13-7-2-8-14-28/h5-6,11-12,15,18H,1-4,7-10,13-14,16-17H2,(H,25,30). The van der Waals surface area contributed by atoms with Crippen LogP contribution in [0.25, 0.3) is 22.4 Å². The summed E-state index contributed by atoms with van der Waals surface area (Å²) in [7, 11) is 0. The van der Waals surface area contributed by atoms with Gasteiger partial charge in [0.1, 0.15) is 6.54 Å². The molecule has 3 heterocycles. The summed E-state index contributed by atoms with van der Waals surface area (Å²) in [5, 5.41) is 12.9. The fourth-order valence-electron chi connectivity index (χ4n) is 4.96. The second-order valence-electron chi connectivity index (χ2n) is 8.93. The zero-order chi connectivity index (χ0) is 21.0. The van der Waals surface area contributed by atoms with Gasteiger partial charge in [0, 0.05) is 23.1 Å². The molecule has 3 aromatic rings. The number of para-hydroxylation sites is 1. The van der Waals surface area contributed by atoms with Gasteiger partial charge in [0.05, 0.1) is 12.1 Å². The molecule has 1 amide bonds. The van der Waals surface area contributed by atoms with E-state index in [1.807, 2.05) is 29.0 Å². The Kier molecular flexibility index (Phi) is 6.02. The molecule has 2 fully saturated rings. The molecule has 1 aliphatic carbocycles. The molecule has 5 rings (SSSR count). The highest BCUT2D eigenvalue weighted by molar-refractivity contribution is 5.94. The molecule has 2 aliphatic rings. The van der Waals surface area contributed by atoms with E-state index in [0.717, 1.165) is 42.4 Å². The highest BCUT2D eigenvalue weighted by Crippen LogP contribution is 2.30. The molecular weight excluding hydrogens is 390 g/mol. The van der Waals surface area contributed by atoms with Crippen LogP contribution in [0.1, 0.15) is 57.3 Å². The van der Waals surface area contributed by atoms with Crippen molar-refractivity contribution in [3.05, 3.63) is 36.4 Å². The smallest absolute Gasteiger partial charge is 0.249 e. The van der Waals surface area contributed by atoms with Crippen LogP contribution in [-0.2, 0) is 17.9 Å². The average molecular weight is 422 g/mol. The van der Waals surface area contributed by atoms with Gasteiger partial charge in [-0.25, -0.2) is 0 Å². The fraction of sp³-hybridized carbons (Fsp3) is 0.542. The number of hydrogen-bond acceptors (Lipinski definition) is 5. The summed E-state index contributed by atoms with van der Waals surface area (Å²) in [6, 6.07) is 8.41. The number of nitrogens with one attached hydrogen (secondary N) is 1. The molecule has 0 radical (unpaired) electrons. The topological polar surface area (TPSA) is 76.2 Å². The average Bonchev–Trinajstić information content (AvgIpc) is 3.40. The van der Waals surface area contributed by atoms with Crippen molar-refractivity contribution in [3.63, 3.8) is 0 Å². The number of carbonyl (C=O) groups excluding carboxylic acids is 1. The van der Waals surface area contributed by atoms with Gasteiger partial charge in [-0.15, -0.1) is 10.2 Å². The number of carbonyl (C=O) groups is 1. The Balaban J connectivity index is 1.34. The first-order valence-corrected chi connectivity index (χ1v) is 11.7. The third kappa shape index (κ3) is 4.66. The van der Waals surface area contributed by atoms with E-state index in [9.17, 15) is 4.79 Å². The van der Waals surface area contributed by atoms with Crippen LogP contribution in [0.2, 0.25) is 0 Å². The van der Waals surface area contributed by atoms with Crippen LogP contribution < -0.4 is 5.32 Å². The van der Waals surface area contributed by atoms with E-state index in [1.54, 1.807) is 0 Å². The van der Waals surface area contributed by atoms with Crippen molar-refractivity contribution in [2.45, 2.75) is 70.5 Å². The second kappa shape index (κ2) is 9.22. The molecule has 2 aromatic heterocycles. The van der Waals surface area contributed by atoms with Crippen LogP contribution in [0.4, 0.5) is 0 Å². The van der Waals surface area contributed by atoms with Crippen molar-refractivity contribution in [1.82, 2.24) is 25.0 Å². The molecule has 0 unspecified atom stereocenters. The number of piperidine rings is 1. The van der Waals surface area contributed by atoms with Gasteiger partial charge in [0.2, 0.25) is 17.7 Å². The molecule has 164 valence electrons. The number of hydrogen-bond donors (Lipinski definition) is 1. The monoisotopic (exact) mass is 421 g/mol. The Morgan fingerprint density at radius 3 is 2.65 bits per heavy atom. The first-order chi connectivity index (χ1) is 15.3. The van der Waals surface area contributed by atoms with Gasteiger partial charge >= 0.3 is 0 Å². The molecule has 7 heteroatoms. The highest BCUT2D eigenvalue weighted by Gasteiger charge is 2.20. The maximum absolute atomic E-state index is 12.7. The van der Waals surface area contributed by atoms with Gasteiger partial charge < -0.3 is 14.3 Å². The summed E-state index contributed by atoms with van der Waals surface area (Å²) in [6.07, 6.45) is 11.6. The summed E-state index contributed by atoms with van der Waals surface area (Å²) < 4.78 is 8.04. The Hall–Kier alpha value is -2.67. The van der Waals surface area contributed by atoms with E-state index >= 15 is 0 Å². The minimum atomic E-state index is 0.0653. The number of fused-ring (bicyclic) bond motifs is 1. The minimum absolute atomic E-state index is 0.0653. The minimum Gasteiger partial charge on any atom is -0.419 e. The lowest BCUT2D eigenvalue weighted by molar-refractivity contribution is -0.122. The van der Waals surface area contributed by atoms with Crippen molar-refractivity contribution in [3.8, 4) is 11.5 Å². The maximum atomic E-state index is 12.7. The largest absolute Gasteiger partial charge is 0.419 e. The molecule has 1 aliphatic heterocycles. The van der Waals surface area contributed by atoms with Crippen molar-refractivity contribution in [2.75, 3.05) is 13.1 Å². The number of amides is 1. The zero-order valence-electron chi connectivity index (χ0n) is 18.1. The highest BCUT2D eigenvalue weighted by atomic mass is 16.4. The van der Waals surface area contributed by atoms with E-state index in [0.29, 0.717) is 30.9 Å². The van der Waals surface area contributed by atoms with Gasteiger partial charge in [0.25, 0.3) is 0 Å². The van der Waals surface area contributed by atoms with E-state index in [1.165, 1.54) is 38.5 Å². The first-order valence-electron chi connectivity index (χ1n) is 11.7. The van der Waals surface area contributed by atoms with Crippen molar-refractivity contribution in [1.29, 1.82) is 0 Å². The van der Waals surface area contributed by atoms with E-state index in [-0.39, 0.29) is 5.91 Å². The van der Waals surface area contributed by atoms with E-state index < -0.39 is 0 Å². The Bertz CT molecular complexity index is 1030. The number of rotatable bonds is 6. The summed E-state index contributed by atoms with van der Waals surface area (Å²) in [5.41, 5.74) is 1.89. The molecule has 1 saturated carbocycles. The molecule has 0 bridgehead atoms. The molecular formula is C24H31N5O2. The van der Waals surface area contributed by atoms with Crippen LogP contribution in [0.3, 0.4) is 0 Å². The Morgan fingerprint density at radius 1 is 1.03 bits per heavy atom.